The summed E-state index contributed by atoms with van der Waals surface area (Å²) in [6, 6.07) is 15.9. The van der Waals surface area contributed by atoms with Gasteiger partial charge in [0.2, 0.25) is 0 Å². The van der Waals surface area contributed by atoms with E-state index in [1.807, 2.05) is 5.38 Å². The Morgan fingerprint density at radius 3 is 2.43 bits per heavy atom. The molecule has 1 aliphatic carbocycles. The van der Waals surface area contributed by atoms with Gasteiger partial charge in [0, 0.05) is 51.8 Å². The molecule has 49 heavy (non-hydrogen) atoms. The molecule has 4 aromatic rings. The Kier molecular flexibility index (Phi) is 9.68. The molecule has 3 heterocycles. The number of alkyl carbamates (subject to hydrolysis) is 1. The third-order valence-electron chi connectivity index (χ3n) is 8.27. The van der Waals surface area contributed by atoms with Gasteiger partial charge >= 0.3 is 12.1 Å². The van der Waals surface area contributed by atoms with Crippen LogP contribution in [0.5, 0.6) is 5.75 Å². The second-order valence-corrected chi connectivity index (χ2v) is 13.9. The van der Waals surface area contributed by atoms with Crippen LogP contribution in [0.15, 0.2) is 60.0 Å². The van der Waals surface area contributed by atoms with Crippen molar-refractivity contribution >= 4 is 40.9 Å². The summed E-state index contributed by atoms with van der Waals surface area (Å²) in [5.41, 5.74) is 3.60. The average molecular weight is 683 g/mol. The first-order valence-corrected chi connectivity index (χ1v) is 17.0. The highest BCUT2D eigenvalue weighted by molar-refractivity contribution is 7.13. The smallest absolute Gasteiger partial charge is 0.407 e. The molecule has 1 aliphatic heterocycles. The van der Waals surface area contributed by atoms with Gasteiger partial charge in [-0.1, -0.05) is 12.1 Å². The molecule has 1 fully saturated rings. The molecular weight excluding hydrogens is 644 g/mol. The summed E-state index contributed by atoms with van der Waals surface area (Å²) in [6.45, 7) is 6.08. The maximum Gasteiger partial charge on any atom is 0.407 e. The molecule has 0 bridgehead atoms. The molecule has 0 radical (unpaired) electrons. The van der Waals surface area contributed by atoms with Gasteiger partial charge in [-0.2, -0.15) is 0 Å². The summed E-state index contributed by atoms with van der Waals surface area (Å²) in [6.07, 6.45) is 3.04. The lowest BCUT2D eigenvalue weighted by Gasteiger charge is -2.26. The minimum absolute atomic E-state index is 0.0811. The van der Waals surface area contributed by atoms with Crippen molar-refractivity contribution in [1.82, 2.24) is 15.6 Å². The van der Waals surface area contributed by atoms with E-state index >= 15 is 0 Å². The van der Waals surface area contributed by atoms with Crippen LogP contribution >= 0.6 is 11.3 Å². The number of anilines is 1. The van der Waals surface area contributed by atoms with E-state index in [-0.39, 0.29) is 35.4 Å². The summed E-state index contributed by atoms with van der Waals surface area (Å²) < 4.78 is 16.6. The Hall–Kier alpha value is -5.23. The van der Waals surface area contributed by atoms with Crippen molar-refractivity contribution in [3.8, 4) is 27.3 Å². The van der Waals surface area contributed by atoms with Crippen LogP contribution in [-0.2, 0) is 22.4 Å². The molecule has 2 aromatic heterocycles. The quantitative estimate of drug-likeness (QED) is 0.173. The third-order valence-corrected chi connectivity index (χ3v) is 9.26. The minimum Gasteiger partial charge on any atom is -0.493 e. The van der Waals surface area contributed by atoms with Crippen LogP contribution in [0.25, 0.3) is 21.6 Å². The van der Waals surface area contributed by atoms with Gasteiger partial charge in [0.05, 0.1) is 13.7 Å². The number of pyridine rings is 1. The highest BCUT2D eigenvalue weighted by atomic mass is 32.1. The highest BCUT2D eigenvalue weighted by Crippen LogP contribution is 2.43. The van der Waals surface area contributed by atoms with Gasteiger partial charge in [-0.05, 0) is 99.0 Å². The van der Waals surface area contributed by atoms with Gasteiger partial charge in [-0.3, -0.25) is 9.59 Å². The average Bonchev–Trinajstić information content (AvgIpc) is 3.45. The second kappa shape index (κ2) is 14.1. The molecule has 2 aromatic carbocycles. The van der Waals surface area contributed by atoms with Crippen molar-refractivity contribution in [3.05, 3.63) is 88.1 Å². The Labute approximate surface area is 288 Å². The predicted molar refractivity (Wildman–Crippen MR) is 186 cm³/mol. The molecule has 2 aliphatic rings. The standard InChI is InChI=1S/C37H38N4O7S/c1-37(2,3)48-36(45)38-20-21-8-10-24(11-9-21)39-33(42)27-18-28-30(47-16-14-22-15-17-49-32(22)28)19-26(27)25-12-13-29(41-31(25)35(44)46-4)34(43)40-23-6-5-7-23/h8-13,15,17-19,23H,5-7,14,16,20H2,1-4H3,(H,38,45)(H,39,42)(H,40,43). The Morgan fingerprint density at radius 2 is 1.73 bits per heavy atom. The number of esters is 1. The molecule has 6 rings (SSSR count). The summed E-state index contributed by atoms with van der Waals surface area (Å²) in [4.78, 5) is 57.8. The van der Waals surface area contributed by atoms with Gasteiger partial charge in [0.15, 0.2) is 5.69 Å². The molecule has 3 amide bonds. The second-order valence-electron chi connectivity index (χ2n) is 13.0. The lowest BCUT2D eigenvalue weighted by molar-refractivity contribution is 0.0522. The number of nitrogens with one attached hydrogen (secondary N) is 3. The fourth-order valence-corrected chi connectivity index (χ4v) is 6.56. The molecule has 0 spiro atoms. The molecule has 12 heteroatoms. The van der Waals surface area contributed by atoms with Gasteiger partial charge in [-0.25, -0.2) is 14.6 Å². The van der Waals surface area contributed by atoms with Crippen LogP contribution in [0.1, 0.15) is 82.5 Å². The lowest BCUT2D eigenvalue weighted by atomic mass is 9.92. The van der Waals surface area contributed by atoms with Gasteiger partial charge in [-0.15, -0.1) is 11.3 Å². The molecular formula is C37H38N4O7S. The SMILES string of the molecule is COC(=O)c1nc(C(=O)NC2CCC2)ccc1-c1cc2c(cc1C(=O)Nc1ccc(CNC(=O)OC(C)(C)C)cc1)-c1sccc1CCO2. The van der Waals surface area contributed by atoms with Crippen molar-refractivity contribution in [3.63, 3.8) is 0 Å². The molecule has 254 valence electrons. The maximum absolute atomic E-state index is 14.1. The number of rotatable bonds is 8. The molecule has 11 nitrogen and oxygen atoms in total. The number of fused-ring (bicyclic) bond motifs is 3. The van der Waals surface area contributed by atoms with E-state index in [2.05, 4.69) is 27.0 Å². The summed E-state index contributed by atoms with van der Waals surface area (Å²) in [5, 5.41) is 10.7. The van der Waals surface area contributed by atoms with Crippen LogP contribution in [0.2, 0.25) is 0 Å². The fraction of sp³-hybridized carbons (Fsp3) is 0.324. The van der Waals surface area contributed by atoms with Crippen molar-refractivity contribution in [2.24, 2.45) is 0 Å². The summed E-state index contributed by atoms with van der Waals surface area (Å²) in [5.74, 6) is -0.981. The molecule has 1 saturated carbocycles. The lowest BCUT2D eigenvalue weighted by Crippen LogP contribution is -2.39. The van der Waals surface area contributed by atoms with Gasteiger partial charge in [0.25, 0.3) is 11.8 Å². The van der Waals surface area contributed by atoms with Crippen molar-refractivity contribution in [2.75, 3.05) is 19.0 Å². The number of methoxy groups -OCH3 is 1. The van der Waals surface area contributed by atoms with Crippen LogP contribution in [0.4, 0.5) is 10.5 Å². The topological polar surface area (TPSA) is 145 Å². The van der Waals surface area contributed by atoms with Gasteiger partial charge < -0.3 is 30.2 Å². The fourth-order valence-electron chi connectivity index (χ4n) is 5.59. The highest BCUT2D eigenvalue weighted by Gasteiger charge is 2.28. The number of amides is 3. The van der Waals surface area contributed by atoms with E-state index < -0.39 is 23.6 Å². The number of thiophene rings is 1. The van der Waals surface area contributed by atoms with Gasteiger partial charge in [0.1, 0.15) is 17.0 Å². The Balaban J connectivity index is 1.34. The zero-order valence-corrected chi connectivity index (χ0v) is 28.6. The van der Waals surface area contributed by atoms with E-state index in [0.717, 1.165) is 40.8 Å². The first kappa shape index (κ1) is 33.7. The van der Waals surface area contributed by atoms with Crippen molar-refractivity contribution in [2.45, 2.75) is 64.6 Å². The van der Waals surface area contributed by atoms with Crippen molar-refractivity contribution < 1.29 is 33.4 Å². The summed E-state index contributed by atoms with van der Waals surface area (Å²) in [7, 11) is 1.24. The number of nitrogens with zero attached hydrogens (tertiary/aromatic N) is 1. The number of carbonyl (C=O) groups excluding carboxylic acids is 4. The van der Waals surface area contributed by atoms with Crippen LogP contribution in [0, 0.1) is 0 Å². The largest absolute Gasteiger partial charge is 0.493 e. The third kappa shape index (κ3) is 7.75. The minimum atomic E-state index is -0.744. The number of carbonyl (C=O) groups is 4. The number of benzene rings is 2. The van der Waals surface area contributed by atoms with Crippen LogP contribution in [-0.4, -0.2) is 54.2 Å². The van der Waals surface area contributed by atoms with E-state index in [1.54, 1.807) is 80.6 Å². The first-order chi connectivity index (χ1) is 23.5. The zero-order valence-electron chi connectivity index (χ0n) is 27.8. The predicted octanol–water partition coefficient (Wildman–Crippen LogP) is 6.76. The molecule has 0 atom stereocenters. The zero-order chi connectivity index (χ0) is 34.7. The first-order valence-electron chi connectivity index (χ1n) is 16.1. The molecule has 0 saturated heterocycles. The normalized spacial score (nSPS) is 13.8. The number of hydrogen-bond acceptors (Lipinski definition) is 9. The number of ether oxygens (including phenoxy) is 3. The molecule has 0 unspecified atom stereocenters. The van der Waals surface area contributed by atoms with Crippen molar-refractivity contribution in [1.29, 1.82) is 0 Å². The number of aromatic nitrogens is 1. The number of hydrogen-bond donors (Lipinski definition) is 3. The van der Waals surface area contributed by atoms with Crippen LogP contribution < -0.4 is 20.7 Å². The maximum atomic E-state index is 14.1. The van der Waals surface area contributed by atoms with E-state index in [4.69, 9.17) is 14.2 Å². The Bertz CT molecular complexity index is 1910. The van der Waals surface area contributed by atoms with Crippen LogP contribution in [0.3, 0.4) is 0 Å². The van der Waals surface area contributed by atoms with E-state index in [0.29, 0.717) is 35.6 Å². The summed E-state index contributed by atoms with van der Waals surface area (Å²) >= 11 is 1.57. The monoisotopic (exact) mass is 682 g/mol. The molecule has 3 N–H and O–H groups in total. The van der Waals surface area contributed by atoms with E-state index in [1.165, 1.54) is 7.11 Å². The van der Waals surface area contributed by atoms with E-state index in [9.17, 15) is 19.2 Å². The Morgan fingerprint density at radius 1 is 0.959 bits per heavy atom.